The predicted octanol–water partition coefficient (Wildman–Crippen LogP) is 2.47. The Balaban J connectivity index is 1.45. The van der Waals surface area contributed by atoms with Crippen molar-refractivity contribution in [1.82, 2.24) is 14.9 Å². The molecule has 0 bridgehead atoms. The Hall–Kier alpha value is -3.15. The summed E-state index contributed by atoms with van der Waals surface area (Å²) in [6, 6.07) is 18.7. The van der Waals surface area contributed by atoms with Gasteiger partial charge >= 0.3 is 0 Å². The van der Waals surface area contributed by atoms with Crippen LogP contribution in [0.15, 0.2) is 60.7 Å². The van der Waals surface area contributed by atoms with Crippen LogP contribution < -0.4 is 0 Å². The van der Waals surface area contributed by atoms with E-state index in [1.54, 1.807) is 36.3 Å². The molecule has 150 valence electrons. The molecule has 1 saturated carbocycles. The highest BCUT2D eigenvalue weighted by atomic mass is 16.2. The molecule has 2 aromatic rings. The van der Waals surface area contributed by atoms with E-state index in [1.165, 1.54) is 9.91 Å². The van der Waals surface area contributed by atoms with Crippen LogP contribution in [-0.2, 0) is 15.0 Å². The molecule has 6 nitrogen and oxygen atoms in total. The summed E-state index contributed by atoms with van der Waals surface area (Å²) in [6.45, 7) is 0.980. The molecule has 2 aliphatic rings. The summed E-state index contributed by atoms with van der Waals surface area (Å²) in [5.74, 6) is -0.447. The standard InChI is InChI=1S/C23H25N3O3/c1-24(21(28)18-9-4-2-5-10-18)17-20(27)25-15-8-16-26(25)22(29)23(13-14-23)19-11-6-3-7-12-19/h2-7,9-12H,8,13-17H2,1H3. The summed E-state index contributed by atoms with van der Waals surface area (Å²) in [5, 5.41) is 3.13. The van der Waals surface area contributed by atoms with E-state index >= 15 is 0 Å². The molecular weight excluding hydrogens is 366 g/mol. The van der Waals surface area contributed by atoms with Crippen molar-refractivity contribution in [2.75, 3.05) is 26.7 Å². The molecule has 29 heavy (non-hydrogen) atoms. The number of amides is 3. The third kappa shape index (κ3) is 3.62. The van der Waals surface area contributed by atoms with Crippen LogP contribution in [-0.4, -0.2) is 59.3 Å². The zero-order valence-corrected chi connectivity index (χ0v) is 16.6. The molecule has 0 unspecified atom stereocenters. The highest BCUT2D eigenvalue weighted by Gasteiger charge is 2.54. The lowest BCUT2D eigenvalue weighted by Gasteiger charge is -2.32. The molecule has 0 aromatic heterocycles. The molecule has 0 atom stereocenters. The number of carbonyl (C=O) groups is 3. The second-order valence-electron chi connectivity index (χ2n) is 7.77. The highest BCUT2D eigenvalue weighted by molar-refractivity contribution is 5.97. The normalized spacial score (nSPS) is 17.1. The summed E-state index contributed by atoms with van der Waals surface area (Å²) >= 11 is 0. The van der Waals surface area contributed by atoms with Gasteiger partial charge in [-0.1, -0.05) is 48.5 Å². The highest BCUT2D eigenvalue weighted by Crippen LogP contribution is 2.50. The van der Waals surface area contributed by atoms with E-state index in [1.807, 2.05) is 36.4 Å². The van der Waals surface area contributed by atoms with Crippen molar-refractivity contribution in [3.05, 3.63) is 71.8 Å². The van der Waals surface area contributed by atoms with Crippen LogP contribution in [0.3, 0.4) is 0 Å². The second-order valence-corrected chi connectivity index (χ2v) is 7.77. The maximum atomic E-state index is 13.3. The Morgan fingerprint density at radius 1 is 0.897 bits per heavy atom. The van der Waals surface area contributed by atoms with Crippen LogP contribution >= 0.6 is 0 Å². The van der Waals surface area contributed by atoms with Gasteiger partial charge in [0.25, 0.3) is 17.7 Å². The molecule has 1 saturated heterocycles. The van der Waals surface area contributed by atoms with E-state index in [4.69, 9.17) is 0 Å². The average Bonchev–Trinajstić information content (AvgIpc) is 3.43. The Morgan fingerprint density at radius 3 is 2.10 bits per heavy atom. The second kappa shape index (κ2) is 7.70. The topological polar surface area (TPSA) is 60.9 Å². The molecule has 0 N–H and O–H groups in total. The monoisotopic (exact) mass is 391 g/mol. The van der Waals surface area contributed by atoms with Crippen LogP contribution in [0.2, 0.25) is 0 Å². The van der Waals surface area contributed by atoms with Gasteiger partial charge in [-0.3, -0.25) is 19.4 Å². The quantitative estimate of drug-likeness (QED) is 0.787. The van der Waals surface area contributed by atoms with Crippen LogP contribution in [0.4, 0.5) is 0 Å². The first kappa shape index (κ1) is 19.2. The molecule has 0 radical (unpaired) electrons. The summed E-state index contributed by atoms with van der Waals surface area (Å²) in [4.78, 5) is 40.2. The van der Waals surface area contributed by atoms with Gasteiger partial charge in [0.2, 0.25) is 0 Å². The van der Waals surface area contributed by atoms with E-state index in [2.05, 4.69) is 0 Å². The fourth-order valence-electron chi connectivity index (χ4n) is 3.99. The molecule has 1 aliphatic carbocycles. The maximum absolute atomic E-state index is 13.3. The van der Waals surface area contributed by atoms with Gasteiger partial charge in [-0.05, 0) is 37.0 Å². The number of rotatable bonds is 5. The summed E-state index contributed by atoms with van der Waals surface area (Å²) in [5.41, 5.74) is 1.05. The van der Waals surface area contributed by atoms with Gasteiger partial charge in [-0.2, -0.15) is 0 Å². The van der Waals surface area contributed by atoms with Crippen molar-refractivity contribution in [1.29, 1.82) is 0 Å². The first-order valence-corrected chi connectivity index (χ1v) is 10.0. The Labute approximate surface area is 170 Å². The number of hydrazine groups is 1. The Morgan fingerprint density at radius 2 is 1.48 bits per heavy atom. The summed E-state index contributed by atoms with van der Waals surface area (Å²) in [6.07, 6.45) is 2.36. The van der Waals surface area contributed by atoms with Gasteiger partial charge in [0.1, 0.15) is 6.54 Å². The van der Waals surface area contributed by atoms with Crippen LogP contribution in [0.1, 0.15) is 35.2 Å². The number of hydrogen-bond acceptors (Lipinski definition) is 3. The molecule has 2 aromatic carbocycles. The largest absolute Gasteiger partial charge is 0.332 e. The average molecular weight is 391 g/mol. The van der Waals surface area contributed by atoms with Crippen LogP contribution in [0, 0.1) is 0 Å². The van der Waals surface area contributed by atoms with Crippen LogP contribution in [0.25, 0.3) is 0 Å². The van der Waals surface area contributed by atoms with E-state index in [0.29, 0.717) is 18.7 Å². The van der Waals surface area contributed by atoms with Crippen molar-refractivity contribution in [3.63, 3.8) is 0 Å². The molecule has 0 spiro atoms. The van der Waals surface area contributed by atoms with Gasteiger partial charge in [-0.15, -0.1) is 0 Å². The van der Waals surface area contributed by atoms with Gasteiger partial charge in [0, 0.05) is 25.7 Å². The zero-order valence-electron chi connectivity index (χ0n) is 16.6. The molecular formula is C23H25N3O3. The summed E-state index contributed by atoms with van der Waals surface area (Å²) in [7, 11) is 1.61. The molecule has 6 heteroatoms. The third-order valence-corrected chi connectivity index (χ3v) is 5.78. The smallest absolute Gasteiger partial charge is 0.260 e. The number of hydrogen-bond donors (Lipinski definition) is 0. The minimum absolute atomic E-state index is 0.00779. The SMILES string of the molecule is CN(CC(=O)N1CCCN1C(=O)C1(c2ccccc2)CC1)C(=O)c1ccccc1. The van der Waals surface area contributed by atoms with E-state index in [9.17, 15) is 14.4 Å². The van der Waals surface area contributed by atoms with Gasteiger partial charge in [0.15, 0.2) is 0 Å². The fourth-order valence-corrected chi connectivity index (χ4v) is 3.99. The van der Waals surface area contributed by atoms with E-state index in [-0.39, 0.29) is 24.3 Å². The number of carbonyl (C=O) groups excluding carboxylic acids is 3. The predicted molar refractivity (Wildman–Crippen MR) is 109 cm³/mol. The van der Waals surface area contributed by atoms with Crippen molar-refractivity contribution < 1.29 is 14.4 Å². The number of nitrogens with zero attached hydrogens (tertiary/aromatic N) is 3. The fraction of sp³-hybridized carbons (Fsp3) is 0.348. The Bertz CT molecular complexity index is 909. The lowest BCUT2D eigenvalue weighted by molar-refractivity contribution is -0.159. The summed E-state index contributed by atoms with van der Waals surface area (Å²) < 4.78 is 0. The third-order valence-electron chi connectivity index (χ3n) is 5.78. The van der Waals surface area contributed by atoms with E-state index < -0.39 is 5.41 Å². The molecule has 4 rings (SSSR count). The van der Waals surface area contributed by atoms with Crippen molar-refractivity contribution in [2.45, 2.75) is 24.7 Å². The van der Waals surface area contributed by atoms with Crippen molar-refractivity contribution in [3.8, 4) is 0 Å². The first-order valence-electron chi connectivity index (χ1n) is 10.0. The van der Waals surface area contributed by atoms with Crippen molar-refractivity contribution >= 4 is 17.7 Å². The lowest BCUT2D eigenvalue weighted by Crippen LogP contribution is -2.51. The van der Waals surface area contributed by atoms with Crippen molar-refractivity contribution in [2.24, 2.45) is 0 Å². The van der Waals surface area contributed by atoms with Gasteiger partial charge in [-0.25, -0.2) is 5.01 Å². The maximum Gasteiger partial charge on any atom is 0.260 e. The zero-order chi connectivity index (χ0) is 20.4. The number of likely N-dealkylation sites (N-methyl/N-ethyl adjacent to an activating group) is 1. The van der Waals surface area contributed by atoms with Gasteiger partial charge < -0.3 is 4.90 Å². The molecule has 3 amide bonds. The minimum Gasteiger partial charge on any atom is -0.332 e. The minimum atomic E-state index is -0.504. The van der Waals surface area contributed by atoms with E-state index in [0.717, 1.165) is 24.8 Å². The first-order chi connectivity index (χ1) is 14.0. The van der Waals surface area contributed by atoms with Gasteiger partial charge in [0.05, 0.1) is 5.41 Å². The lowest BCUT2D eigenvalue weighted by atomic mass is 9.95. The van der Waals surface area contributed by atoms with Crippen LogP contribution in [0.5, 0.6) is 0 Å². The molecule has 1 heterocycles. The Kier molecular flexibility index (Phi) is 5.09. The molecule has 2 fully saturated rings. The molecule has 1 aliphatic heterocycles. The number of benzene rings is 2.